The van der Waals surface area contributed by atoms with Crippen LogP contribution in [0.2, 0.25) is 0 Å². The molecule has 2 nitrogen and oxygen atoms in total. The first-order chi connectivity index (χ1) is 8.33. The van der Waals surface area contributed by atoms with E-state index in [1.54, 1.807) is 0 Å². The van der Waals surface area contributed by atoms with Crippen molar-refractivity contribution in [2.75, 3.05) is 13.1 Å². The van der Waals surface area contributed by atoms with Gasteiger partial charge in [-0.05, 0) is 49.3 Å². The zero-order valence-electron chi connectivity index (χ0n) is 10.2. The third-order valence-electron chi connectivity index (χ3n) is 4.30. The van der Waals surface area contributed by atoms with E-state index in [0.717, 1.165) is 31.8 Å². The van der Waals surface area contributed by atoms with Gasteiger partial charge in [0.15, 0.2) is 0 Å². The number of rotatable bonds is 4. The lowest BCUT2D eigenvalue weighted by Crippen LogP contribution is -2.31. The van der Waals surface area contributed by atoms with Crippen molar-refractivity contribution < 1.29 is 5.11 Å². The molecule has 1 fully saturated rings. The maximum Gasteiger partial charge on any atom is 0.0543 e. The SMILES string of the molecule is OC1CCC(CNCC2Cc3ccccc32)C1. The van der Waals surface area contributed by atoms with Gasteiger partial charge in [0.2, 0.25) is 0 Å². The molecule has 2 aliphatic carbocycles. The first-order valence-corrected chi connectivity index (χ1v) is 6.79. The fourth-order valence-corrected chi connectivity index (χ4v) is 3.24. The van der Waals surface area contributed by atoms with Crippen molar-refractivity contribution >= 4 is 0 Å². The second kappa shape index (κ2) is 4.79. The van der Waals surface area contributed by atoms with E-state index in [1.165, 1.54) is 24.0 Å². The molecule has 1 aromatic rings. The molecule has 3 rings (SSSR count). The lowest BCUT2D eigenvalue weighted by Gasteiger charge is -2.30. The molecule has 92 valence electrons. The molecular weight excluding hydrogens is 210 g/mol. The van der Waals surface area contributed by atoms with Gasteiger partial charge in [-0.1, -0.05) is 24.3 Å². The Morgan fingerprint density at radius 2 is 2.06 bits per heavy atom. The molecule has 1 aromatic carbocycles. The van der Waals surface area contributed by atoms with Crippen LogP contribution in [-0.2, 0) is 6.42 Å². The van der Waals surface area contributed by atoms with Crippen LogP contribution in [0, 0.1) is 5.92 Å². The van der Waals surface area contributed by atoms with Crippen LogP contribution in [0.4, 0.5) is 0 Å². The summed E-state index contributed by atoms with van der Waals surface area (Å²) in [5.74, 6) is 1.41. The minimum absolute atomic E-state index is 0.0359. The minimum atomic E-state index is -0.0359. The molecule has 17 heavy (non-hydrogen) atoms. The van der Waals surface area contributed by atoms with Crippen molar-refractivity contribution in [1.82, 2.24) is 5.32 Å². The molecule has 2 N–H and O–H groups in total. The van der Waals surface area contributed by atoms with Crippen molar-refractivity contribution in [3.8, 4) is 0 Å². The van der Waals surface area contributed by atoms with Gasteiger partial charge >= 0.3 is 0 Å². The molecule has 0 aromatic heterocycles. The van der Waals surface area contributed by atoms with E-state index in [-0.39, 0.29) is 6.10 Å². The topological polar surface area (TPSA) is 32.3 Å². The molecule has 2 aliphatic rings. The number of fused-ring (bicyclic) bond motifs is 1. The van der Waals surface area contributed by atoms with Crippen LogP contribution in [0.25, 0.3) is 0 Å². The summed E-state index contributed by atoms with van der Waals surface area (Å²) in [6, 6.07) is 8.75. The molecule has 0 bridgehead atoms. The van der Waals surface area contributed by atoms with E-state index < -0.39 is 0 Å². The van der Waals surface area contributed by atoms with Crippen LogP contribution >= 0.6 is 0 Å². The molecule has 2 heteroatoms. The summed E-state index contributed by atoms with van der Waals surface area (Å²) in [5.41, 5.74) is 3.06. The second-order valence-corrected chi connectivity index (χ2v) is 5.59. The highest BCUT2D eigenvalue weighted by Crippen LogP contribution is 2.34. The Hall–Kier alpha value is -0.860. The molecule has 0 saturated heterocycles. The summed E-state index contributed by atoms with van der Waals surface area (Å²) >= 11 is 0. The number of hydrogen-bond donors (Lipinski definition) is 2. The third-order valence-corrected chi connectivity index (χ3v) is 4.30. The zero-order chi connectivity index (χ0) is 11.7. The molecule has 0 radical (unpaired) electrons. The quantitative estimate of drug-likeness (QED) is 0.831. The normalized spacial score (nSPS) is 31.0. The van der Waals surface area contributed by atoms with E-state index in [9.17, 15) is 5.11 Å². The predicted molar refractivity (Wildman–Crippen MR) is 69.1 cm³/mol. The van der Waals surface area contributed by atoms with Gasteiger partial charge < -0.3 is 10.4 Å². The Bertz CT molecular complexity index is 390. The summed E-state index contributed by atoms with van der Waals surface area (Å²) in [4.78, 5) is 0. The Kier molecular flexibility index (Phi) is 3.17. The standard InChI is InChI=1S/C15H21NO/c17-14-6-5-11(7-14)9-16-10-13-8-12-3-1-2-4-15(12)13/h1-4,11,13-14,16-17H,5-10H2. The van der Waals surface area contributed by atoms with Crippen molar-refractivity contribution in [2.45, 2.75) is 37.7 Å². The van der Waals surface area contributed by atoms with Gasteiger partial charge in [0, 0.05) is 12.5 Å². The van der Waals surface area contributed by atoms with Gasteiger partial charge in [0.25, 0.3) is 0 Å². The summed E-state index contributed by atoms with van der Waals surface area (Å²) in [7, 11) is 0. The van der Waals surface area contributed by atoms with Crippen molar-refractivity contribution in [1.29, 1.82) is 0 Å². The van der Waals surface area contributed by atoms with E-state index in [0.29, 0.717) is 5.92 Å². The van der Waals surface area contributed by atoms with Crippen molar-refractivity contribution in [3.63, 3.8) is 0 Å². The Balaban J connectivity index is 1.42. The smallest absolute Gasteiger partial charge is 0.0543 e. The second-order valence-electron chi connectivity index (χ2n) is 5.59. The average molecular weight is 231 g/mol. The molecule has 0 amide bonds. The number of aliphatic hydroxyl groups excluding tert-OH is 1. The number of aliphatic hydroxyl groups is 1. The van der Waals surface area contributed by atoms with Crippen LogP contribution in [0.5, 0.6) is 0 Å². The summed E-state index contributed by atoms with van der Waals surface area (Å²) in [6.45, 7) is 2.18. The van der Waals surface area contributed by atoms with Crippen LogP contribution in [0.1, 0.15) is 36.3 Å². The van der Waals surface area contributed by atoms with Gasteiger partial charge in [-0.25, -0.2) is 0 Å². The van der Waals surface area contributed by atoms with E-state index in [2.05, 4.69) is 29.6 Å². The first-order valence-electron chi connectivity index (χ1n) is 6.79. The summed E-state index contributed by atoms with van der Waals surface area (Å²) in [5, 5.41) is 13.0. The van der Waals surface area contributed by atoms with Crippen LogP contribution in [0.3, 0.4) is 0 Å². The first kappa shape index (κ1) is 11.2. The van der Waals surface area contributed by atoms with Crippen molar-refractivity contribution in [3.05, 3.63) is 35.4 Å². The molecule has 1 saturated carbocycles. The molecule has 0 spiro atoms. The third kappa shape index (κ3) is 2.38. The van der Waals surface area contributed by atoms with E-state index >= 15 is 0 Å². The lowest BCUT2D eigenvalue weighted by atomic mass is 9.77. The van der Waals surface area contributed by atoms with Gasteiger partial charge in [-0.2, -0.15) is 0 Å². The van der Waals surface area contributed by atoms with Gasteiger partial charge in [0.1, 0.15) is 0 Å². The van der Waals surface area contributed by atoms with Crippen LogP contribution in [-0.4, -0.2) is 24.3 Å². The molecule has 0 aliphatic heterocycles. The molecular formula is C15H21NO. The average Bonchev–Trinajstić information content (AvgIpc) is 2.71. The van der Waals surface area contributed by atoms with Gasteiger partial charge in [-0.3, -0.25) is 0 Å². The zero-order valence-corrected chi connectivity index (χ0v) is 10.2. The monoisotopic (exact) mass is 231 g/mol. The van der Waals surface area contributed by atoms with Gasteiger partial charge in [0.05, 0.1) is 6.10 Å². The Morgan fingerprint density at radius 3 is 2.82 bits per heavy atom. The maximum absolute atomic E-state index is 9.47. The molecule has 0 heterocycles. The predicted octanol–water partition coefficient (Wildman–Crippen LogP) is 2.08. The summed E-state index contributed by atoms with van der Waals surface area (Å²) in [6.07, 6.45) is 4.38. The largest absolute Gasteiger partial charge is 0.393 e. The van der Waals surface area contributed by atoms with Crippen LogP contribution in [0.15, 0.2) is 24.3 Å². The van der Waals surface area contributed by atoms with Crippen LogP contribution < -0.4 is 5.32 Å². The molecule has 3 atom stereocenters. The number of nitrogens with one attached hydrogen (secondary N) is 1. The fourth-order valence-electron chi connectivity index (χ4n) is 3.24. The van der Waals surface area contributed by atoms with E-state index in [4.69, 9.17) is 0 Å². The lowest BCUT2D eigenvalue weighted by molar-refractivity contribution is 0.177. The summed E-state index contributed by atoms with van der Waals surface area (Å²) < 4.78 is 0. The maximum atomic E-state index is 9.47. The Morgan fingerprint density at radius 1 is 1.18 bits per heavy atom. The number of hydrogen-bond acceptors (Lipinski definition) is 2. The van der Waals surface area contributed by atoms with Crippen molar-refractivity contribution in [2.24, 2.45) is 5.92 Å². The minimum Gasteiger partial charge on any atom is -0.393 e. The fraction of sp³-hybridized carbons (Fsp3) is 0.600. The van der Waals surface area contributed by atoms with Gasteiger partial charge in [-0.15, -0.1) is 0 Å². The highest BCUT2D eigenvalue weighted by atomic mass is 16.3. The molecule has 3 unspecified atom stereocenters. The van der Waals surface area contributed by atoms with E-state index in [1.807, 2.05) is 0 Å². The highest BCUT2D eigenvalue weighted by Gasteiger charge is 2.26. The number of benzene rings is 1. The Labute approximate surface area is 103 Å². The highest BCUT2D eigenvalue weighted by molar-refractivity contribution is 5.40.